The Morgan fingerprint density at radius 2 is 2.07 bits per heavy atom. The lowest BCUT2D eigenvalue weighted by atomic mass is 9.91. The van der Waals surface area contributed by atoms with E-state index < -0.39 is 11.6 Å². The summed E-state index contributed by atoms with van der Waals surface area (Å²) in [6.45, 7) is 2.58. The van der Waals surface area contributed by atoms with E-state index in [-0.39, 0.29) is 18.7 Å². The van der Waals surface area contributed by atoms with Gasteiger partial charge in [-0.2, -0.15) is 0 Å². The van der Waals surface area contributed by atoms with Crippen LogP contribution in [-0.4, -0.2) is 49.7 Å². The zero-order valence-corrected chi connectivity index (χ0v) is 14.6. The summed E-state index contributed by atoms with van der Waals surface area (Å²) >= 11 is 0. The van der Waals surface area contributed by atoms with Gasteiger partial charge in [0.2, 0.25) is 5.60 Å². The minimum atomic E-state index is -1.36. The Labute approximate surface area is 154 Å². The number of aromatic nitrogens is 4. The molecular weight excluding hydrogens is 353 g/mol. The first kappa shape index (κ1) is 17.2. The monoisotopic (exact) mass is 371 g/mol. The lowest BCUT2D eigenvalue weighted by molar-refractivity contribution is -0.157. The van der Waals surface area contributed by atoms with Gasteiger partial charge in [-0.3, -0.25) is 0 Å². The molecule has 1 aromatic carbocycles. The lowest BCUT2D eigenvalue weighted by Crippen LogP contribution is -2.53. The standard InChI is InChI=1S/C18H18FN5O3/c1-11-8-12(19)2-3-13(11)27-18(17(25)26)4-6-24(7-5-18)16-14-15(21-9-20-14)22-10-23-16/h2-3,8-10H,4-7H2,1H3,(H,25,26)(H,20,21,22,23). The highest BCUT2D eigenvalue weighted by Crippen LogP contribution is 2.33. The number of fused-ring (bicyclic) bond motifs is 1. The van der Waals surface area contributed by atoms with Crippen LogP contribution in [0.3, 0.4) is 0 Å². The second kappa shape index (κ2) is 6.49. The number of H-pyrrole nitrogens is 1. The summed E-state index contributed by atoms with van der Waals surface area (Å²) in [7, 11) is 0. The zero-order valence-electron chi connectivity index (χ0n) is 14.6. The van der Waals surface area contributed by atoms with Gasteiger partial charge in [0.1, 0.15) is 23.4 Å². The number of halogens is 1. The highest BCUT2D eigenvalue weighted by molar-refractivity contribution is 5.83. The maximum Gasteiger partial charge on any atom is 0.348 e. The van der Waals surface area contributed by atoms with E-state index in [1.165, 1.54) is 24.5 Å². The number of ether oxygens (including phenoxy) is 1. The highest BCUT2D eigenvalue weighted by atomic mass is 19.1. The van der Waals surface area contributed by atoms with Gasteiger partial charge in [-0.05, 0) is 30.7 Å². The van der Waals surface area contributed by atoms with E-state index in [2.05, 4.69) is 19.9 Å². The zero-order chi connectivity index (χ0) is 19.0. The van der Waals surface area contributed by atoms with Crippen molar-refractivity contribution in [2.45, 2.75) is 25.4 Å². The van der Waals surface area contributed by atoms with Crippen molar-refractivity contribution in [3.05, 3.63) is 42.2 Å². The quantitative estimate of drug-likeness (QED) is 0.725. The number of carbonyl (C=O) groups is 1. The minimum absolute atomic E-state index is 0.263. The summed E-state index contributed by atoms with van der Waals surface area (Å²) in [5.74, 6) is -0.341. The molecule has 0 amide bonds. The van der Waals surface area contributed by atoms with Crippen molar-refractivity contribution in [2.75, 3.05) is 18.0 Å². The average Bonchev–Trinajstić information content (AvgIpc) is 3.13. The van der Waals surface area contributed by atoms with Crippen molar-refractivity contribution >= 4 is 23.0 Å². The second-order valence-corrected chi connectivity index (χ2v) is 6.60. The number of carboxylic acids is 1. The number of imidazole rings is 1. The summed E-state index contributed by atoms with van der Waals surface area (Å²) in [4.78, 5) is 29.6. The van der Waals surface area contributed by atoms with Gasteiger partial charge in [0.15, 0.2) is 11.5 Å². The molecule has 1 saturated heterocycles. The number of benzene rings is 1. The van der Waals surface area contributed by atoms with Crippen molar-refractivity contribution < 1.29 is 19.0 Å². The maximum absolute atomic E-state index is 13.3. The van der Waals surface area contributed by atoms with Gasteiger partial charge in [0.25, 0.3) is 0 Å². The lowest BCUT2D eigenvalue weighted by Gasteiger charge is -2.39. The topological polar surface area (TPSA) is 104 Å². The Hall–Kier alpha value is -3.23. The molecular formula is C18H18FN5O3. The van der Waals surface area contributed by atoms with Crippen molar-refractivity contribution in [1.82, 2.24) is 19.9 Å². The summed E-state index contributed by atoms with van der Waals surface area (Å²) in [5, 5.41) is 9.83. The van der Waals surface area contributed by atoms with Crippen LogP contribution in [0.2, 0.25) is 0 Å². The van der Waals surface area contributed by atoms with E-state index in [9.17, 15) is 14.3 Å². The predicted octanol–water partition coefficient (Wildman–Crippen LogP) is 2.30. The smallest absolute Gasteiger partial charge is 0.348 e. The van der Waals surface area contributed by atoms with Gasteiger partial charge in [-0.25, -0.2) is 24.1 Å². The largest absolute Gasteiger partial charge is 0.478 e. The molecule has 4 rings (SSSR count). The number of hydrogen-bond acceptors (Lipinski definition) is 6. The van der Waals surface area contributed by atoms with E-state index in [4.69, 9.17) is 4.74 Å². The number of nitrogens with one attached hydrogen (secondary N) is 1. The van der Waals surface area contributed by atoms with Crippen LogP contribution in [0.25, 0.3) is 11.2 Å². The number of nitrogens with zero attached hydrogens (tertiary/aromatic N) is 4. The van der Waals surface area contributed by atoms with Gasteiger partial charge in [0, 0.05) is 25.9 Å². The molecule has 9 heteroatoms. The van der Waals surface area contributed by atoms with Crippen LogP contribution in [0.4, 0.5) is 10.2 Å². The Bertz CT molecular complexity index is 998. The Morgan fingerprint density at radius 1 is 1.30 bits per heavy atom. The van der Waals surface area contributed by atoms with Crippen LogP contribution < -0.4 is 9.64 Å². The molecule has 2 N–H and O–H groups in total. The van der Waals surface area contributed by atoms with E-state index in [0.29, 0.717) is 35.9 Å². The molecule has 0 bridgehead atoms. The molecule has 27 heavy (non-hydrogen) atoms. The number of rotatable bonds is 4. The third-order valence-corrected chi connectivity index (χ3v) is 4.91. The van der Waals surface area contributed by atoms with E-state index in [1.807, 2.05) is 4.90 Å². The highest BCUT2D eigenvalue weighted by Gasteiger charge is 2.45. The van der Waals surface area contributed by atoms with Gasteiger partial charge in [-0.1, -0.05) is 0 Å². The molecule has 0 unspecified atom stereocenters. The summed E-state index contributed by atoms with van der Waals surface area (Å²) in [6, 6.07) is 4.07. The number of carboxylic acid groups (broad SMARTS) is 1. The van der Waals surface area contributed by atoms with Crippen molar-refractivity contribution in [3.63, 3.8) is 0 Å². The first-order valence-corrected chi connectivity index (χ1v) is 8.56. The average molecular weight is 371 g/mol. The molecule has 0 aliphatic carbocycles. The minimum Gasteiger partial charge on any atom is -0.478 e. The molecule has 140 valence electrons. The number of anilines is 1. The van der Waals surface area contributed by atoms with Crippen LogP contribution >= 0.6 is 0 Å². The number of aliphatic carboxylic acids is 1. The maximum atomic E-state index is 13.3. The molecule has 2 aromatic heterocycles. The van der Waals surface area contributed by atoms with Crippen LogP contribution in [0.15, 0.2) is 30.9 Å². The Balaban J connectivity index is 1.57. The number of piperidine rings is 1. The fourth-order valence-corrected chi connectivity index (χ4v) is 3.37. The first-order valence-electron chi connectivity index (χ1n) is 8.56. The molecule has 1 aliphatic rings. The fourth-order valence-electron chi connectivity index (χ4n) is 3.37. The molecule has 3 aromatic rings. The molecule has 0 spiro atoms. The molecule has 0 atom stereocenters. The van der Waals surface area contributed by atoms with Crippen molar-refractivity contribution in [1.29, 1.82) is 0 Å². The van der Waals surface area contributed by atoms with Crippen LogP contribution in [0.5, 0.6) is 5.75 Å². The van der Waals surface area contributed by atoms with Gasteiger partial charge < -0.3 is 19.7 Å². The second-order valence-electron chi connectivity index (χ2n) is 6.60. The van der Waals surface area contributed by atoms with Crippen molar-refractivity contribution in [3.8, 4) is 5.75 Å². The molecule has 8 nitrogen and oxygen atoms in total. The molecule has 0 radical (unpaired) electrons. The number of hydrogen-bond donors (Lipinski definition) is 2. The van der Waals surface area contributed by atoms with Crippen LogP contribution in [0, 0.1) is 12.7 Å². The number of aryl methyl sites for hydroxylation is 1. The fraction of sp³-hybridized carbons (Fsp3) is 0.333. The van der Waals surface area contributed by atoms with Gasteiger partial charge in [0.05, 0.1) is 6.33 Å². The SMILES string of the molecule is Cc1cc(F)ccc1OC1(C(=O)O)CCN(c2ncnc3nc[nH]c23)CC1. The van der Waals surface area contributed by atoms with Crippen LogP contribution in [-0.2, 0) is 4.79 Å². The predicted molar refractivity (Wildman–Crippen MR) is 95.3 cm³/mol. The van der Waals surface area contributed by atoms with Crippen LogP contribution in [0.1, 0.15) is 18.4 Å². The summed E-state index contributed by atoms with van der Waals surface area (Å²) in [6.07, 6.45) is 3.52. The van der Waals surface area contributed by atoms with E-state index in [1.54, 1.807) is 13.3 Å². The first-order chi connectivity index (χ1) is 13.0. The normalized spacial score (nSPS) is 16.4. The third-order valence-electron chi connectivity index (χ3n) is 4.91. The molecule has 1 aliphatic heterocycles. The Kier molecular flexibility index (Phi) is 4.14. The molecule has 1 fully saturated rings. The summed E-state index contributed by atoms with van der Waals surface area (Å²) in [5.41, 5.74) is 0.482. The Morgan fingerprint density at radius 3 is 2.78 bits per heavy atom. The number of aromatic amines is 1. The molecule has 0 saturated carbocycles. The van der Waals surface area contributed by atoms with Gasteiger partial charge in [-0.15, -0.1) is 0 Å². The van der Waals surface area contributed by atoms with E-state index >= 15 is 0 Å². The van der Waals surface area contributed by atoms with E-state index in [0.717, 1.165) is 5.52 Å². The van der Waals surface area contributed by atoms with Gasteiger partial charge >= 0.3 is 5.97 Å². The van der Waals surface area contributed by atoms with Crippen molar-refractivity contribution in [2.24, 2.45) is 0 Å². The summed E-state index contributed by atoms with van der Waals surface area (Å²) < 4.78 is 19.2. The third kappa shape index (κ3) is 3.05. The molecule has 3 heterocycles.